The number of hydrazine groups is 1. The van der Waals surface area contributed by atoms with E-state index in [0.717, 1.165) is 15.7 Å². The smallest absolute Gasteiger partial charge is 0.294 e. The van der Waals surface area contributed by atoms with Gasteiger partial charge in [-0.25, -0.2) is 10.8 Å². The Hall–Kier alpha value is -1.28. The molecular weight excluding hydrogens is 330 g/mol. The van der Waals surface area contributed by atoms with Gasteiger partial charge in [0.25, 0.3) is 5.91 Å². The minimum absolute atomic E-state index is 0.338. The van der Waals surface area contributed by atoms with Gasteiger partial charge in [0.1, 0.15) is 0 Å². The summed E-state index contributed by atoms with van der Waals surface area (Å²) in [5.74, 6) is 4.65. The summed E-state index contributed by atoms with van der Waals surface area (Å²) < 4.78 is 6.57. The third-order valence-corrected chi connectivity index (χ3v) is 3.73. The van der Waals surface area contributed by atoms with Crippen LogP contribution in [0.3, 0.4) is 0 Å². The molecule has 0 saturated heterocycles. The van der Waals surface area contributed by atoms with Gasteiger partial charge < -0.3 is 4.74 Å². The zero-order valence-electron chi connectivity index (χ0n) is 9.93. The van der Waals surface area contributed by atoms with Crippen LogP contribution in [0.2, 0.25) is 0 Å². The zero-order chi connectivity index (χ0) is 13.7. The highest BCUT2D eigenvalue weighted by Crippen LogP contribution is 2.13. The molecule has 2 aromatic rings. The summed E-state index contributed by atoms with van der Waals surface area (Å²) in [6.07, 6.45) is 0. The Balaban J connectivity index is 1.84. The molecule has 1 amide bonds. The van der Waals surface area contributed by atoms with Gasteiger partial charge in [-0.05, 0) is 17.7 Å². The Bertz CT molecular complexity index is 556. The van der Waals surface area contributed by atoms with E-state index < -0.39 is 0 Å². The Kier molecular flexibility index (Phi) is 5.03. The van der Waals surface area contributed by atoms with Crippen LogP contribution in [0.25, 0.3) is 0 Å². The molecule has 3 N–H and O–H groups in total. The van der Waals surface area contributed by atoms with E-state index in [2.05, 4.69) is 20.9 Å². The van der Waals surface area contributed by atoms with E-state index >= 15 is 0 Å². The molecule has 7 heteroatoms. The molecule has 0 fully saturated rings. The van der Waals surface area contributed by atoms with Crippen molar-refractivity contribution >= 4 is 33.2 Å². The Morgan fingerprint density at radius 1 is 1.37 bits per heavy atom. The van der Waals surface area contributed by atoms with E-state index in [1.165, 1.54) is 11.3 Å². The second-order valence-corrected chi connectivity index (χ2v) is 5.51. The second kappa shape index (κ2) is 6.76. The quantitative estimate of drug-likeness (QED) is 0.496. The van der Waals surface area contributed by atoms with Crippen LogP contribution in [-0.2, 0) is 18.0 Å². The molecule has 1 aromatic heterocycles. The first-order chi connectivity index (χ1) is 9.19. The lowest BCUT2D eigenvalue weighted by Crippen LogP contribution is -2.29. The average molecular weight is 342 g/mol. The first-order valence-electron chi connectivity index (χ1n) is 5.46. The molecule has 0 radical (unpaired) electrons. The minimum Gasteiger partial charge on any atom is -0.370 e. The van der Waals surface area contributed by atoms with Crippen LogP contribution >= 0.6 is 27.3 Å². The molecule has 0 saturated carbocycles. The van der Waals surface area contributed by atoms with E-state index in [0.29, 0.717) is 18.2 Å². The van der Waals surface area contributed by atoms with Gasteiger partial charge in [-0.1, -0.05) is 28.1 Å². The predicted molar refractivity (Wildman–Crippen MR) is 76.4 cm³/mol. The average Bonchev–Trinajstić information content (AvgIpc) is 2.89. The summed E-state index contributed by atoms with van der Waals surface area (Å²) in [5.41, 5.74) is 3.85. The van der Waals surface area contributed by atoms with Gasteiger partial charge in [0.15, 0.2) is 5.01 Å². The molecule has 0 aliphatic carbocycles. The van der Waals surface area contributed by atoms with Gasteiger partial charge >= 0.3 is 0 Å². The lowest BCUT2D eigenvalue weighted by molar-refractivity contribution is 0.0948. The zero-order valence-corrected chi connectivity index (χ0v) is 12.3. The normalized spacial score (nSPS) is 10.4. The van der Waals surface area contributed by atoms with E-state index in [4.69, 9.17) is 10.6 Å². The van der Waals surface area contributed by atoms with Crippen LogP contribution in [0.5, 0.6) is 0 Å². The maximum absolute atomic E-state index is 11.2. The summed E-state index contributed by atoms with van der Waals surface area (Å²) in [6.45, 7) is 0.869. The van der Waals surface area contributed by atoms with Crippen LogP contribution in [-0.4, -0.2) is 10.9 Å². The number of carbonyl (C=O) groups is 1. The second-order valence-electron chi connectivity index (χ2n) is 3.74. The molecule has 0 atom stereocenters. The number of nitrogens with zero attached hydrogens (tertiary/aromatic N) is 1. The Labute approximate surface area is 122 Å². The third kappa shape index (κ3) is 4.10. The molecule has 0 spiro atoms. The highest BCUT2D eigenvalue weighted by atomic mass is 79.9. The van der Waals surface area contributed by atoms with Crippen molar-refractivity contribution in [1.29, 1.82) is 0 Å². The summed E-state index contributed by atoms with van der Waals surface area (Å²) in [5, 5.41) is 2.12. The number of carbonyl (C=O) groups excluding carboxylic acids is 1. The standard InChI is InChI=1S/C12H12BrN3O2S/c13-9-3-1-8(2-4-9)5-18-6-10-7-19-12(15-10)11(17)16-14/h1-4,7H,5-6,14H2,(H,16,17). The fourth-order valence-electron chi connectivity index (χ4n) is 1.39. The summed E-state index contributed by atoms with van der Waals surface area (Å²) >= 11 is 4.62. The van der Waals surface area contributed by atoms with Gasteiger partial charge in [-0.15, -0.1) is 11.3 Å². The van der Waals surface area contributed by atoms with Gasteiger partial charge in [0, 0.05) is 9.85 Å². The monoisotopic (exact) mass is 341 g/mol. The first-order valence-corrected chi connectivity index (χ1v) is 7.14. The van der Waals surface area contributed by atoms with E-state index in [-0.39, 0.29) is 5.91 Å². The van der Waals surface area contributed by atoms with Crippen molar-refractivity contribution in [1.82, 2.24) is 10.4 Å². The number of aromatic nitrogens is 1. The maximum atomic E-state index is 11.2. The van der Waals surface area contributed by atoms with Crippen molar-refractivity contribution in [3.8, 4) is 0 Å². The molecule has 100 valence electrons. The van der Waals surface area contributed by atoms with E-state index in [9.17, 15) is 4.79 Å². The number of nitrogens with two attached hydrogens (primary N) is 1. The molecule has 0 aliphatic rings. The van der Waals surface area contributed by atoms with Gasteiger partial charge in [-0.2, -0.15) is 0 Å². The first kappa shape index (κ1) is 14.1. The molecule has 0 aliphatic heterocycles. The van der Waals surface area contributed by atoms with Crippen molar-refractivity contribution in [2.45, 2.75) is 13.2 Å². The van der Waals surface area contributed by atoms with Gasteiger partial charge in [-0.3, -0.25) is 10.2 Å². The molecule has 1 aromatic carbocycles. The topological polar surface area (TPSA) is 77.2 Å². The van der Waals surface area contributed by atoms with Crippen LogP contribution < -0.4 is 11.3 Å². The molecule has 1 heterocycles. The highest BCUT2D eigenvalue weighted by molar-refractivity contribution is 9.10. The molecule has 0 unspecified atom stereocenters. The third-order valence-electron chi connectivity index (χ3n) is 2.31. The molecule has 5 nitrogen and oxygen atoms in total. The fourth-order valence-corrected chi connectivity index (χ4v) is 2.36. The Morgan fingerprint density at radius 3 is 2.79 bits per heavy atom. The number of halogens is 1. The van der Waals surface area contributed by atoms with Crippen LogP contribution in [0.15, 0.2) is 34.1 Å². The van der Waals surface area contributed by atoms with Crippen LogP contribution in [0, 0.1) is 0 Å². The maximum Gasteiger partial charge on any atom is 0.294 e. The number of hydrogen-bond donors (Lipinski definition) is 2. The largest absolute Gasteiger partial charge is 0.370 e. The molecule has 19 heavy (non-hydrogen) atoms. The number of nitrogens with one attached hydrogen (secondary N) is 1. The fraction of sp³-hybridized carbons (Fsp3) is 0.167. The summed E-state index contributed by atoms with van der Waals surface area (Å²) in [7, 11) is 0. The van der Waals surface area contributed by atoms with E-state index in [1.807, 2.05) is 29.7 Å². The molecule has 0 bridgehead atoms. The van der Waals surface area contributed by atoms with E-state index in [1.54, 1.807) is 5.38 Å². The lowest BCUT2D eigenvalue weighted by Gasteiger charge is -2.02. The minimum atomic E-state index is -0.385. The van der Waals surface area contributed by atoms with Crippen molar-refractivity contribution in [3.63, 3.8) is 0 Å². The summed E-state index contributed by atoms with van der Waals surface area (Å²) in [6, 6.07) is 7.90. The number of rotatable bonds is 5. The SMILES string of the molecule is NNC(=O)c1nc(COCc2ccc(Br)cc2)cs1. The lowest BCUT2D eigenvalue weighted by atomic mass is 10.2. The van der Waals surface area contributed by atoms with Crippen molar-refractivity contribution in [2.24, 2.45) is 5.84 Å². The number of benzene rings is 1. The van der Waals surface area contributed by atoms with Crippen LogP contribution in [0.1, 0.15) is 21.1 Å². The van der Waals surface area contributed by atoms with Crippen LogP contribution in [0.4, 0.5) is 0 Å². The van der Waals surface area contributed by atoms with Crippen molar-refractivity contribution in [2.75, 3.05) is 0 Å². The highest BCUT2D eigenvalue weighted by Gasteiger charge is 2.09. The van der Waals surface area contributed by atoms with Crippen molar-refractivity contribution < 1.29 is 9.53 Å². The summed E-state index contributed by atoms with van der Waals surface area (Å²) in [4.78, 5) is 15.3. The number of nitrogen functional groups attached to an aromatic ring is 1. The number of hydrogen-bond acceptors (Lipinski definition) is 5. The predicted octanol–water partition coefficient (Wildman–Crippen LogP) is 2.23. The Morgan fingerprint density at radius 2 is 2.11 bits per heavy atom. The molecular formula is C12H12BrN3O2S. The molecule has 2 rings (SSSR count). The van der Waals surface area contributed by atoms with Crippen molar-refractivity contribution in [3.05, 3.63) is 50.4 Å². The number of thiazole rings is 1. The number of ether oxygens (including phenoxy) is 1. The van der Waals surface area contributed by atoms with Gasteiger partial charge in [0.2, 0.25) is 0 Å². The number of amides is 1. The van der Waals surface area contributed by atoms with Gasteiger partial charge in [0.05, 0.1) is 18.9 Å².